The van der Waals surface area contributed by atoms with E-state index in [0.717, 1.165) is 6.07 Å². The highest BCUT2D eigenvalue weighted by molar-refractivity contribution is 6.32. The molecule has 0 aromatic heterocycles. The molecule has 90 valence electrons. The Hall–Kier alpha value is -0.700. The molecule has 0 atom stereocenters. The van der Waals surface area contributed by atoms with Crippen LogP contribution in [0.3, 0.4) is 0 Å². The minimum absolute atomic E-state index is 0.208. The Labute approximate surface area is 98.4 Å². The predicted molar refractivity (Wildman–Crippen MR) is 59.9 cm³/mol. The Kier molecular flexibility index (Phi) is 3.30. The average Bonchev–Trinajstić information content (AvgIpc) is 2.05. The minimum atomic E-state index is -4.40. The molecule has 0 N–H and O–H groups in total. The fraction of sp³-hybridized carbons (Fsp3) is 0.500. The van der Waals surface area contributed by atoms with Gasteiger partial charge < -0.3 is 0 Å². The minimum Gasteiger partial charge on any atom is -0.166 e. The van der Waals surface area contributed by atoms with E-state index in [4.69, 9.17) is 11.6 Å². The lowest BCUT2D eigenvalue weighted by molar-refractivity contribution is -0.137. The second kappa shape index (κ2) is 3.95. The zero-order chi connectivity index (χ0) is 12.7. The van der Waals surface area contributed by atoms with Gasteiger partial charge in [-0.05, 0) is 29.5 Å². The molecule has 0 heterocycles. The summed E-state index contributed by atoms with van der Waals surface area (Å²) in [4.78, 5) is 0. The van der Waals surface area contributed by atoms with Crippen molar-refractivity contribution in [3.63, 3.8) is 0 Å². The molecule has 0 fully saturated rings. The SMILES string of the molecule is Cc1cc(C(C)(C)C)cc(C(F)(F)F)c1Cl. The number of benzene rings is 1. The number of hydrogen-bond donors (Lipinski definition) is 0. The molecule has 0 aliphatic heterocycles. The molecule has 0 saturated carbocycles. The molecular weight excluding hydrogens is 237 g/mol. The predicted octanol–water partition coefficient (Wildman–Crippen LogP) is 4.96. The van der Waals surface area contributed by atoms with Gasteiger partial charge >= 0.3 is 6.18 Å². The molecule has 0 unspecified atom stereocenters. The molecule has 0 radical (unpaired) electrons. The van der Waals surface area contributed by atoms with Gasteiger partial charge in [-0.3, -0.25) is 0 Å². The molecule has 0 nitrogen and oxygen atoms in total. The smallest absolute Gasteiger partial charge is 0.166 e. The summed E-state index contributed by atoms with van der Waals surface area (Å²) < 4.78 is 38.1. The third kappa shape index (κ3) is 2.70. The largest absolute Gasteiger partial charge is 0.417 e. The van der Waals surface area contributed by atoms with Gasteiger partial charge in [-0.25, -0.2) is 0 Å². The zero-order valence-corrected chi connectivity index (χ0v) is 10.4. The summed E-state index contributed by atoms with van der Waals surface area (Å²) in [5, 5.41) is -0.208. The maximum Gasteiger partial charge on any atom is 0.417 e. The monoisotopic (exact) mass is 250 g/mol. The third-order valence-corrected chi connectivity index (χ3v) is 2.93. The normalized spacial score (nSPS) is 13.0. The van der Waals surface area contributed by atoms with Crippen molar-refractivity contribution < 1.29 is 13.2 Å². The molecule has 0 spiro atoms. The highest BCUT2D eigenvalue weighted by atomic mass is 35.5. The van der Waals surface area contributed by atoms with E-state index in [2.05, 4.69) is 0 Å². The summed E-state index contributed by atoms with van der Waals surface area (Å²) in [5.74, 6) is 0. The Bertz CT molecular complexity index is 400. The summed E-state index contributed by atoms with van der Waals surface area (Å²) in [7, 11) is 0. The first-order valence-electron chi connectivity index (χ1n) is 4.91. The van der Waals surface area contributed by atoms with Crippen molar-refractivity contribution in [2.75, 3.05) is 0 Å². The van der Waals surface area contributed by atoms with Crippen LogP contribution in [0.4, 0.5) is 13.2 Å². The van der Waals surface area contributed by atoms with Gasteiger partial charge in [0, 0.05) is 0 Å². The molecular formula is C12H14ClF3. The van der Waals surface area contributed by atoms with Crippen molar-refractivity contribution in [2.24, 2.45) is 0 Å². The number of alkyl halides is 3. The second-order valence-electron chi connectivity index (χ2n) is 4.90. The van der Waals surface area contributed by atoms with Gasteiger partial charge in [-0.2, -0.15) is 13.2 Å². The second-order valence-corrected chi connectivity index (χ2v) is 5.28. The van der Waals surface area contributed by atoms with Gasteiger partial charge in [0.2, 0.25) is 0 Å². The molecule has 0 bridgehead atoms. The number of hydrogen-bond acceptors (Lipinski definition) is 0. The fourth-order valence-electron chi connectivity index (χ4n) is 1.41. The first-order valence-corrected chi connectivity index (χ1v) is 5.29. The van der Waals surface area contributed by atoms with Gasteiger partial charge in [0.1, 0.15) is 0 Å². The van der Waals surface area contributed by atoms with Crippen LogP contribution in [0.1, 0.15) is 37.5 Å². The first kappa shape index (κ1) is 13.4. The molecule has 0 aliphatic carbocycles. The molecule has 1 aromatic carbocycles. The van der Waals surface area contributed by atoms with Crippen molar-refractivity contribution in [1.29, 1.82) is 0 Å². The van der Waals surface area contributed by atoms with Gasteiger partial charge in [-0.1, -0.05) is 38.4 Å². The highest BCUT2D eigenvalue weighted by Crippen LogP contribution is 2.39. The molecule has 1 rings (SSSR count). The van der Waals surface area contributed by atoms with Crippen LogP contribution < -0.4 is 0 Å². The van der Waals surface area contributed by atoms with Crippen molar-refractivity contribution in [3.8, 4) is 0 Å². The summed E-state index contributed by atoms with van der Waals surface area (Å²) in [6.45, 7) is 7.20. The van der Waals surface area contributed by atoms with Gasteiger partial charge in [-0.15, -0.1) is 0 Å². The van der Waals surface area contributed by atoms with Crippen molar-refractivity contribution >= 4 is 11.6 Å². The maximum absolute atomic E-state index is 12.7. The Morgan fingerprint density at radius 3 is 1.94 bits per heavy atom. The standard InChI is InChI=1S/C12H14ClF3/c1-7-5-8(11(2,3)4)6-9(10(7)13)12(14,15)16/h5-6H,1-4H3. The van der Waals surface area contributed by atoms with Crippen LogP contribution >= 0.6 is 11.6 Å². The Morgan fingerprint density at radius 1 is 1.06 bits per heavy atom. The quantitative estimate of drug-likeness (QED) is 0.610. The van der Waals surface area contributed by atoms with Crippen LogP contribution in [-0.4, -0.2) is 0 Å². The van der Waals surface area contributed by atoms with E-state index in [9.17, 15) is 13.2 Å². The Balaban J connectivity index is 3.46. The lowest BCUT2D eigenvalue weighted by Gasteiger charge is -2.22. The maximum atomic E-state index is 12.7. The van der Waals surface area contributed by atoms with Crippen LogP contribution in [0.5, 0.6) is 0 Å². The summed E-state index contributed by atoms with van der Waals surface area (Å²) in [6.07, 6.45) is -4.40. The van der Waals surface area contributed by atoms with Crippen molar-refractivity contribution in [3.05, 3.63) is 33.8 Å². The first-order chi connectivity index (χ1) is 7.03. The lowest BCUT2D eigenvalue weighted by Crippen LogP contribution is -2.15. The van der Waals surface area contributed by atoms with E-state index in [1.54, 1.807) is 13.0 Å². The molecule has 0 aliphatic rings. The number of aryl methyl sites for hydroxylation is 1. The third-order valence-electron chi connectivity index (χ3n) is 2.43. The van der Waals surface area contributed by atoms with Crippen LogP contribution in [0.25, 0.3) is 0 Å². The Morgan fingerprint density at radius 2 is 1.56 bits per heavy atom. The van der Waals surface area contributed by atoms with E-state index in [1.807, 2.05) is 20.8 Å². The van der Waals surface area contributed by atoms with E-state index >= 15 is 0 Å². The molecule has 1 aromatic rings. The summed E-state index contributed by atoms with van der Waals surface area (Å²) in [6, 6.07) is 2.84. The fourth-order valence-corrected chi connectivity index (χ4v) is 1.63. The van der Waals surface area contributed by atoms with Crippen molar-refractivity contribution in [2.45, 2.75) is 39.3 Å². The van der Waals surface area contributed by atoms with E-state index in [0.29, 0.717) is 11.1 Å². The van der Waals surface area contributed by atoms with E-state index in [1.165, 1.54) is 0 Å². The summed E-state index contributed by atoms with van der Waals surface area (Å²) in [5.41, 5.74) is 0.0252. The van der Waals surface area contributed by atoms with Gasteiger partial charge in [0.05, 0.1) is 10.6 Å². The molecule has 0 saturated heterocycles. The number of rotatable bonds is 0. The van der Waals surface area contributed by atoms with Crippen LogP contribution in [-0.2, 0) is 11.6 Å². The van der Waals surface area contributed by atoms with Gasteiger partial charge in [0.25, 0.3) is 0 Å². The summed E-state index contributed by atoms with van der Waals surface area (Å²) >= 11 is 5.68. The van der Waals surface area contributed by atoms with Gasteiger partial charge in [0.15, 0.2) is 0 Å². The van der Waals surface area contributed by atoms with Crippen LogP contribution in [0.2, 0.25) is 5.02 Å². The van der Waals surface area contributed by atoms with E-state index in [-0.39, 0.29) is 10.4 Å². The molecule has 16 heavy (non-hydrogen) atoms. The van der Waals surface area contributed by atoms with E-state index < -0.39 is 11.7 Å². The zero-order valence-electron chi connectivity index (χ0n) is 9.67. The van der Waals surface area contributed by atoms with Crippen LogP contribution in [0.15, 0.2) is 12.1 Å². The van der Waals surface area contributed by atoms with Crippen molar-refractivity contribution in [1.82, 2.24) is 0 Å². The van der Waals surface area contributed by atoms with Crippen LogP contribution in [0, 0.1) is 6.92 Å². The molecule has 4 heteroatoms. The number of halogens is 4. The molecule has 0 amide bonds. The highest BCUT2D eigenvalue weighted by Gasteiger charge is 2.35. The average molecular weight is 251 g/mol. The topological polar surface area (TPSA) is 0 Å². The lowest BCUT2D eigenvalue weighted by atomic mass is 9.85.